The maximum Gasteiger partial charge on any atom is 0.330 e. The van der Waals surface area contributed by atoms with Gasteiger partial charge in [0.25, 0.3) is 0 Å². The highest BCUT2D eigenvalue weighted by Crippen LogP contribution is 2.26. The lowest BCUT2D eigenvalue weighted by molar-refractivity contribution is -0.0896. The van der Waals surface area contributed by atoms with E-state index >= 15 is 0 Å². The Morgan fingerprint density at radius 2 is 2.00 bits per heavy atom. The van der Waals surface area contributed by atoms with E-state index in [-0.39, 0.29) is 0 Å². The molecule has 1 aliphatic rings. The van der Waals surface area contributed by atoms with E-state index in [4.69, 9.17) is 9.92 Å². The summed E-state index contributed by atoms with van der Waals surface area (Å²) in [6.45, 7) is 11.3. The van der Waals surface area contributed by atoms with Crippen LogP contribution in [0.2, 0.25) is 0 Å². The van der Waals surface area contributed by atoms with Gasteiger partial charge in [0.15, 0.2) is 0 Å². The number of hydrogen-bond acceptors (Lipinski definition) is 4. The van der Waals surface area contributed by atoms with Crippen LogP contribution < -0.4 is 4.90 Å². The maximum atomic E-state index is 10.2. The number of benzene rings is 1. The molecule has 1 N–H and O–H groups in total. The van der Waals surface area contributed by atoms with Gasteiger partial charge in [-0.1, -0.05) is 36.3 Å². The van der Waals surface area contributed by atoms with Gasteiger partial charge in [0.1, 0.15) is 0 Å². The summed E-state index contributed by atoms with van der Waals surface area (Å²) in [5.41, 5.74) is 1.45. The minimum absolute atomic E-state index is 0.604. The van der Waals surface area contributed by atoms with Crippen LogP contribution >= 0.6 is 0 Å². The third-order valence-corrected chi connectivity index (χ3v) is 4.74. The highest BCUT2D eigenvalue weighted by atomic mass is 16.5. The van der Waals surface area contributed by atoms with Crippen molar-refractivity contribution >= 4 is 13.2 Å². The van der Waals surface area contributed by atoms with E-state index in [1.165, 1.54) is 0 Å². The molecule has 5 heteroatoms. The summed E-state index contributed by atoms with van der Waals surface area (Å²) in [7, 11) is 1.67. The standard InChI is InChI=1S/C22H26BN2O2/c1-17-12-13-19(23-27-22(4,5)21(2,3)26)10-6-7-14-25(17)20-11-8-9-18(15-20)16-24/h7-15,26H,1,6H2,2-5H3/b13-12-,14-7-,19-10+. The van der Waals surface area contributed by atoms with Gasteiger partial charge in [-0.25, -0.2) is 0 Å². The molecule has 1 heterocycles. The summed E-state index contributed by atoms with van der Waals surface area (Å²) in [4.78, 5) is 1.94. The number of aliphatic hydroxyl groups is 1. The molecule has 0 saturated carbocycles. The minimum atomic E-state index is -0.974. The zero-order chi connectivity index (χ0) is 20.1. The van der Waals surface area contributed by atoms with Crippen LogP contribution in [0, 0.1) is 11.3 Å². The van der Waals surface area contributed by atoms with Crippen LogP contribution in [-0.2, 0) is 4.65 Å². The Morgan fingerprint density at radius 3 is 2.67 bits per heavy atom. The van der Waals surface area contributed by atoms with E-state index in [0.29, 0.717) is 12.0 Å². The van der Waals surface area contributed by atoms with Gasteiger partial charge in [0, 0.05) is 17.6 Å². The van der Waals surface area contributed by atoms with Crippen molar-refractivity contribution in [2.45, 2.75) is 45.3 Å². The first kappa shape index (κ1) is 20.8. The molecule has 0 bridgehead atoms. The molecule has 1 aromatic rings. The fourth-order valence-electron chi connectivity index (χ4n) is 2.23. The third-order valence-electron chi connectivity index (χ3n) is 4.74. The molecular formula is C22H26BN2O2. The van der Waals surface area contributed by atoms with Crippen molar-refractivity contribution in [1.29, 1.82) is 5.26 Å². The Balaban J connectivity index is 2.16. The normalized spacial score (nSPS) is 19.8. The van der Waals surface area contributed by atoms with Gasteiger partial charge in [-0.15, -0.1) is 0 Å². The lowest BCUT2D eigenvalue weighted by Gasteiger charge is -2.37. The molecule has 27 heavy (non-hydrogen) atoms. The monoisotopic (exact) mass is 361 g/mol. The predicted molar refractivity (Wildman–Crippen MR) is 111 cm³/mol. The highest BCUT2D eigenvalue weighted by Gasteiger charge is 2.35. The number of rotatable bonds is 5. The first-order valence-corrected chi connectivity index (χ1v) is 8.91. The van der Waals surface area contributed by atoms with Crippen LogP contribution in [0.4, 0.5) is 5.69 Å². The SMILES string of the molecule is C=C1/C=C\C([B]OC(C)(C)C(C)(C)O)=C/C/C=C\N1c1cccc(C#N)c1. The van der Waals surface area contributed by atoms with Crippen molar-refractivity contribution in [2.24, 2.45) is 0 Å². The van der Waals surface area contributed by atoms with Crippen molar-refractivity contribution in [3.05, 3.63) is 78.1 Å². The Bertz CT molecular complexity index is 823. The fraction of sp³-hybridized carbons (Fsp3) is 0.318. The average Bonchev–Trinajstić information content (AvgIpc) is 2.70. The molecule has 0 atom stereocenters. The highest BCUT2D eigenvalue weighted by molar-refractivity contribution is 6.39. The smallest absolute Gasteiger partial charge is 0.330 e. The van der Waals surface area contributed by atoms with E-state index in [1.807, 2.05) is 67.5 Å². The molecule has 1 aliphatic heterocycles. The predicted octanol–water partition coefficient (Wildman–Crippen LogP) is 4.42. The van der Waals surface area contributed by atoms with Crippen LogP contribution in [0.25, 0.3) is 0 Å². The van der Waals surface area contributed by atoms with Crippen molar-refractivity contribution in [2.75, 3.05) is 4.90 Å². The molecule has 0 aromatic heterocycles. The summed E-state index contributed by atoms with van der Waals surface area (Å²) in [5.74, 6) is 0. The van der Waals surface area contributed by atoms with Crippen LogP contribution in [0.15, 0.2) is 72.5 Å². The molecule has 0 unspecified atom stereocenters. The van der Waals surface area contributed by atoms with Gasteiger partial charge in [-0.05, 0) is 58.4 Å². The summed E-state index contributed by atoms with van der Waals surface area (Å²) < 4.78 is 5.85. The van der Waals surface area contributed by atoms with Crippen molar-refractivity contribution in [1.82, 2.24) is 0 Å². The number of hydrogen-bond donors (Lipinski definition) is 1. The lowest BCUT2D eigenvalue weighted by atomic mass is 9.81. The van der Waals surface area contributed by atoms with Gasteiger partial charge in [0.05, 0.1) is 22.8 Å². The topological polar surface area (TPSA) is 56.5 Å². The molecule has 1 aromatic carbocycles. The third kappa shape index (κ3) is 5.46. The Kier molecular flexibility index (Phi) is 6.48. The fourth-order valence-corrected chi connectivity index (χ4v) is 2.23. The van der Waals surface area contributed by atoms with Gasteiger partial charge in [-0.2, -0.15) is 5.26 Å². The first-order valence-electron chi connectivity index (χ1n) is 8.91. The average molecular weight is 361 g/mol. The van der Waals surface area contributed by atoms with Crippen LogP contribution in [0.5, 0.6) is 0 Å². The first-order chi connectivity index (χ1) is 12.6. The maximum absolute atomic E-state index is 10.2. The van der Waals surface area contributed by atoms with Gasteiger partial charge < -0.3 is 14.7 Å². The van der Waals surface area contributed by atoms with Crippen LogP contribution in [0.3, 0.4) is 0 Å². The molecule has 4 nitrogen and oxygen atoms in total. The van der Waals surface area contributed by atoms with Crippen molar-refractivity contribution in [3.63, 3.8) is 0 Å². The zero-order valence-electron chi connectivity index (χ0n) is 16.4. The zero-order valence-corrected chi connectivity index (χ0v) is 16.4. The Morgan fingerprint density at radius 1 is 1.26 bits per heavy atom. The van der Waals surface area contributed by atoms with E-state index in [1.54, 1.807) is 27.4 Å². The number of anilines is 1. The quantitative estimate of drug-likeness (QED) is 0.789. The second-order valence-corrected chi connectivity index (χ2v) is 7.49. The molecule has 0 saturated heterocycles. The van der Waals surface area contributed by atoms with Gasteiger partial charge >= 0.3 is 7.48 Å². The molecule has 1 radical (unpaired) electrons. The summed E-state index contributed by atoms with van der Waals surface area (Å²) >= 11 is 0. The van der Waals surface area contributed by atoms with Gasteiger partial charge in [0.2, 0.25) is 0 Å². The molecule has 0 fully saturated rings. The van der Waals surface area contributed by atoms with E-state index in [9.17, 15) is 5.11 Å². The second kappa shape index (κ2) is 8.43. The lowest BCUT2D eigenvalue weighted by Crippen LogP contribution is -2.48. The van der Waals surface area contributed by atoms with Crippen molar-refractivity contribution < 1.29 is 9.76 Å². The van der Waals surface area contributed by atoms with Crippen LogP contribution in [0.1, 0.15) is 39.7 Å². The summed E-state index contributed by atoms with van der Waals surface area (Å²) in [6, 6.07) is 9.57. The molecular weight excluding hydrogens is 335 g/mol. The molecule has 139 valence electrons. The summed E-state index contributed by atoms with van der Waals surface area (Å²) in [6.07, 6.45) is 10.5. The van der Waals surface area contributed by atoms with Crippen molar-refractivity contribution in [3.8, 4) is 6.07 Å². The minimum Gasteiger partial charge on any atom is -0.427 e. The van der Waals surface area contributed by atoms with Gasteiger partial charge in [-0.3, -0.25) is 0 Å². The number of allylic oxidation sites excluding steroid dienone is 5. The Hall–Kier alpha value is -2.55. The Labute approximate surface area is 163 Å². The number of nitrogens with zero attached hydrogens (tertiary/aromatic N) is 2. The van der Waals surface area contributed by atoms with Crippen LogP contribution in [-0.4, -0.2) is 23.8 Å². The van der Waals surface area contributed by atoms with E-state index in [2.05, 4.69) is 12.6 Å². The van der Waals surface area contributed by atoms with E-state index < -0.39 is 11.2 Å². The van der Waals surface area contributed by atoms with E-state index in [0.717, 1.165) is 16.9 Å². The molecule has 0 aliphatic carbocycles. The molecule has 0 amide bonds. The number of nitriles is 1. The molecule has 2 rings (SSSR count). The second-order valence-electron chi connectivity index (χ2n) is 7.49. The largest absolute Gasteiger partial charge is 0.427 e. The summed E-state index contributed by atoms with van der Waals surface area (Å²) in [5, 5.41) is 19.4. The molecule has 0 spiro atoms.